The SMILES string of the molecule is C=C(CC)CC/C(N)=C(/N[I-]C#CN)[N+](=O)[O-]. The molecule has 0 aliphatic rings. The van der Waals surface area contributed by atoms with Crippen molar-refractivity contribution in [2.24, 2.45) is 11.5 Å². The van der Waals surface area contributed by atoms with E-state index in [-0.39, 0.29) is 11.5 Å². The number of halogens is 1. The van der Waals surface area contributed by atoms with Gasteiger partial charge in [0.25, 0.3) is 0 Å². The Morgan fingerprint density at radius 1 is 1.59 bits per heavy atom. The van der Waals surface area contributed by atoms with Crippen LogP contribution < -0.4 is 36.5 Å². The Balaban J connectivity index is 4.55. The average Bonchev–Trinajstić information content (AvgIpc) is 2.30. The van der Waals surface area contributed by atoms with Crippen LogP contribution in [0.2, 0.25) is 0 Å². The van der Waals surface area contributed by atoms with Gasteiger partial charge in [-0.05, 0) is 0 Å². The van der Waals surface area contributed by atoms with E-state index in [0.717, 1.165) is 12.0 Å². The van der Waals surface area contributed by atoms with Crippen molar-refractivity contribution in [3.8, 4) is 9.97 Å². The van der Waals surface area contributed by atoms with Crippen molar-refractivity contribution in [3.63, 3.8) is 0 Å². The summed E-state index contributed by atoms with van der Waals surface area (Å²) < 4.78 is 5.22. The van der Waals surface area contributed by atoms with Crippen molar-refractivity contribution in [1.82, 2.24) is 3.53 Å². The molecule has 96 valence electrons. The summed E-state index contributed by atoms with van der Waals surface area (Å²) in [6.07, 6.45) is 1.93. The van der Waals surface area contributed by atoms with Crippen molar-refractivity contribution in [2.75, 3.05) is 0 Å². The van der Waals surface area contributed by atoms with Gasteiger partial charge in [-0.25, -0.2) is 0 Å². The molecule has 5 N–H and O–H groups in total. The monoisotopic (exact) mass is 351 g/mol. The molecule has 0 spiro atoms. The summed E-state index contributed by atoms with van der Waals surface area (Å²) in [6.45, 7) is 5.81. The Labute approximate surface area is 111 Å². The zero-order valence-corrected chi connectivity index (χ0v) is 11.8. The fraction of sp³-hybridized carbons (Fsp3) is 0.400. The predicted octanol–water partition coefficient (Wildman–Crippen LogP) is -2.39. The van der Waals surface area contributed by atoms with Gasteiger partial charge in [0.15, 0.2) is 0 Å². The summed E-state index contributed by atoms with van der Waals surface area (Å²) in [6, 6.07) is 2.20. The van der Waals surface area contributed by atoms with Gasteiger partial charge in [0.2, 0.25) is 0 Å². The third-order valence-electron chi connectivity index (χ3n) is 1.97. The maximum atomic E-state index is 10.8. The molecule has 0 fully saturated rings. The zero-order chi connectivity index (χ0) is 13.3. The van der Waals surface area contributed by atoms with E-state index in [4.69, 9.17) is 11.5 Å². The topological polar surface area (TPSA) is 107 Å². The second-order valence-electron chi connectivity index (χ2n) is 3.16. The zero-order valence-electron chi connectivity index (χ0n) is 9.62. The van der Waals surface area contributed by atoms with Crippen molar-refractivity contribution in [2.45, 2.75) is 26.2 Å². The molecular weight excluding hydrogens is 335 g/mol. The second kappa shape index (κ2) is 8.69. The van der Waals surface area contributed by atoms with E-state index < -0.39 is 26.4 Å². The number of nitrogens with one attached hydrogen (secondary N) is 1. The van der Waals surface area contributed by atoms with Gasteiger partial charge in [-0.3, -0.25) is 0 Å². The number of rotatable bonds is 7. The Hall–Kier alpha value is -1.43. The minimum atomic E-state index is -0.852. The molecular formula is C10H16IN4O2-. The molecule has 0 amide bonds. The number of nitrogens with zero attached hydrogens (tertiary/aromatic N) is 1. The first-order chi connectivity index (χ1) is 8.02. The summed E-state index contributed by atoms with van der Waals surface area (Å²) >= 11 is -0.852. The molecule has 0 saturated heterocycles. The van der Waals surface area contributed by atoms with Crippen LogP contribution in [0.1, 0.15) is 26.2 Å². The summed E-state index contributed by atoms with van der Waals surface area (Å²) in [4.78, 5) is 10.2. The standard InChI is InChI=1S/C10H16IN4O2/c1-3-8(2)4-5-9(13)10(15(16)17)14-11-6-7-12/h14H,2-5,12-13H2,1H3/q-1/b10-9+. The second-order valence-corrected chi connectivity index (χ2v) is 4.78. The Kier molecular flexibility index (Phi) is 7.96. The van der Waals surface area contributed by atoms with Crippen LogP contribution in [-0.2, 0) is 0 Å². The predicted molar refractivity (Wildman–Crippen MR) is 62.0 cm³/mol. The third-order valence-corrected chi connectivity index (χ3v) is 3.33. The summed E-state index contributed by atoms with van der Waals surface area (Å²) in [5.41, 5.74) is 11.9. The van der Waals surface area contributed by atoms with Crippen molar-refractivity contribution in [3.05, 3.63) is 33.8 Å². The number of hydrogen-bond acceptors (Lipinski definition) is 5. The summed E-state index contributed by atoms with van der Waals surface area (Å²) in [7, 11) is 0. The fourth-order valence-electron chi connectivity index (χ4n) is 0.915. The first kappa shape index (κ1) is 15.6. The first-order valence-corrected chi connectivity index (χ1v) is 7.07. The number of nitro groups is 1. The third kappa shape index (κ3) is 6.68. The van der Waals surface area contributed by atoms with Crippen LogP contribution >= 0.6 is 0 Å². The van der Waals surface area contributed by atoms with Gasteiger partial charge in [0.05, 0.1) is 0 Å². The van der Waals surface area contributed by atoms with E-state index in [0.29, 0.717) is 12.8 Å². The molecule has 0 radical (unpaired) electrons. The van der Waals surface area contributed by atoms with E-state index in [1.165, 1.54) is 0 Å². The molecule has 6 nitrogen and oxygen atoms in total. The summed E-state index contributed by atoms with van der Waals surface area (Å²) in [5.74, 6) is -0.163. The molecule has 0 heterocycles. The number of allylic oxidation sites excluding steroid dienone is 2. The molecule has 0 bridgehead atoms. The van der Waals surface area contributed by atoms with Crippen molar-refractivity contribution in [1.29, 1.82) is 0 Å². The van der Waals surface area contributed by atoms with Crippen LogP contribution in [0.15, 0.2) is 23.7 Å². The average molecular weight is 351 g/mol. The van der Waals surface area contributed by atoms with Gasteiger partial charge in [0.1, 0.15) is 0 Å². The normalized spacial score (nSPS) is 11.1. The van der Waals surface area contributed by atoms with E-state index in [1.54, 1.807) is 0 Å². The number of hydrogen-bond donors (Lipinski definition) is 3. The van der Waals surface area contributed by atoms with Gasteiger partial charge in [-0.1, -0.05) is 0 Å². The quantitative estimate of drug-likeness (QED) is 0.0902. The van der Waals surface area contributed by atoms with Crippen molar-refractivity contribution >= 4 is 0 Å². The molecule has 0 aliphatic carbocycles. The Morgan fingerprint density at radius 2 is 2.24 bits per heavy atom. The van der Waals surface area contributed by atoms with Gasteiger partial charge in [-0.2, -0.15) is 0 Å². The van der Waals surface area contributed by atoms with E-state index in [1.807, 2.05) is 6.92 Å². The van der Waals surface area contributed by atoms with Gasteiger partial charge in [0, 0.05) is 0 Å². The van der Waals surface area contributed by atoms with Gasteiger partial charge < -0.3 is 0 Å². The van der Waals surface area contributed by atoms with Gasteiger partial charge >= 0.3 is 111 Å². The van der Waals surface area contributed by atoms with Crippen LogP contribution in [0.5, 0.6) is 0 Å². The molecule has 0 saturated carbocycles. The first-order valence-electron chi connectivity index (χ1n) is 4.92. The molecule has 0 unspecified atom stereocenters. The molecule has 0 aromatic carbocycles. The Morgan fingerprint density at radius 3 is 2.71 bits per heavy atom. The molecule has 0 aromatic rings. The summed E-state index contributed by atoms with van der Waals surface area (Å²) in [5, 5.41) is 10.8. The molecule has 0 rings (SSSR count). The van der Waals surface area contributed by atoms with E-state index >= 15 is 0 Å². The van der Waals surface area contributed by atoms with Crippen LogP contribution in [0.25, 0.3) is 0 Å². The molecule has 0 atom stereocenters. The van der Waals surface area contributed by atoms with Crippen molar-refractivity contribution < 1.29 is 26.4 Å². The minimum absolute atomic E-state index is 0.163. The van der Waals surface area contributed by atoms with E-state index in [9.17, 15) is 10.1 Å². The fourth-order valence-corrected chi connectivity index (χ4v) is 2.00. The van der Waals surface area contributed by atoms with Crippen LogP contribution in [-0.4, -0.2) is 4.92 Å². The maximum absolute atomic E-state index is 10.8. The van der Waals surface area contributed by atoms with Crippen LogP contribution in [0.4, 0.5) is 0 Å². The number of nitrogens with two attached hydrogens (primary N) is 2. The Bertz CT molecular complexity index is 382. The van der Waals surface area contributed by atoms with Crippen LogP contribution in [0, 0.1) is 20.1 Å². The van der Waals surface area contributed by atoms with E-state index in [2.05, 4.69) is 20.1 Å². The molecule has 0 aliphatic heterocycles. The van der Waals surface area contributed by atoms with Crippen LogP contribution in [0.3, 0.4) is 0 Å². The van der Waals surface area contributed by atoms with Gasteiger partial charge in [-0.15, -0.1) is 0 Å². The molecule has 7 heteroatoms. The molecule has 17 heavy (non-hydrogen) atoms. The molecule has 0 aromatic heterocycles.